The summed E-state index contributed by atoms with van der Waals surface area (Å²) in [5, 5.41) is 110. The first-order chi connectivity index (χ1) is 46.8. The number of aliphatic hydroxyl groups excluding tert-OH is 10. The van der Waals surface area contributed by atoms with E-state index < -0.39 is 156 Å². The third kappa shape index (κ3) is 37.6. The van der Waals surface area contributed by atoms with Crippen LogP contribution in [0.25, 0.3) is 0 Å². The molecule has 0 aromatic heterocycles. The third-order valence-corrected chi connectivity index (χ3v) is 19.8. The summed E-state index contributed by atoms with van der Waals surface area (Å²) < 4.78 is 65.0. The van der Waals surface area contributed by atoms with Gasteiger partial charge < -0.3 is 89.1 Å². The van der Waals surface area contributed by atoms with Crippen molar-refractivity contribution in [2.45, 2.75) is 401 Å². The van der Waals surface area contributed by atoms with Crippen LogP contribution in [0.1, 0.15) is 297 Å². The summed E-state index contributed by atoms with van der Waals surface area (Å²) in [5.74, 6) is -1.98. The van der Waals surface area contributed by atoms with Gasteiger partial charge in [0.2, 0.25) is 0 Å². The second-order valence-electron chi connectivity index (χ2n) is 27.4. The molecule has 11 N–H and O–H groups in total. The Balaban J connectivity index is 1.72. The minimum Gasteiger partial charge on any atom is -0.463 e. The van der Waals surface area contributed by atoms with E-state index >= 15 is 0 Å². The van der Waals surface area contributed by atoms with E-state index in [1.54, 1.807) is 0 Å². The molecule has 0 amide bonds. The van der Waals surface area contributed by atoms with E-state index in [2.05, 4.69) is 32.9 Å². The van der Waals surface area contributed by atoms with Gasteiger partial charge in [-0.25, -0.2) is 4.57 Å². The minimum absolute atomic E-state index is 0.0248. The molecule has 2 heterocycles. The van der Waals surface area contributed by atoms with Crippen molar-refractivity contribution in [1.82, 2.24) is 0 Å². The van der Waals surface area contributed by atoms with Gasteiger partial charge >= 0.3 is 25.7 Å². The van der Waals surface area contributed by atoms with E-state index in [4.69, 9.17) is 42.2 Å². The molecule has 2 saturated heterocycles. The number of allylic oxidation sites excluding steroid dienone is 2. The largest absolute Gasteiger partial charge is 0.472 e. The molecule has 3 fully saturated rings. The van der Waals surface area contributed by atoms with Crippen LogP contribution >= 0.6 is 7.82 Å². The summed E-state index contributed by atoms with van der Waals surface area (Å²) in [7, 11) is -5.69. The lowest BCUT2D eigenvalue weighted by molar-refractivity contribution is -0.360. The van der Waals surface area contributed by atoms with Crippen LogP contribution in [-0.4, -0.2) is 204 Å². The SMILES string of the molecule is CCCCCC/C=C\CCCCCCCCCC(=O)OCC1OC(OC2C(O)C(O)C(O)C(OC3OC(CO)C(O)C(O)C3O)C2OP(=O)(O)OCC(COC(=O)CCCCCCCCCCCCC)OC(=O)CCCCCCCCCCCCCCCCCC)C(O)C(O)C1O. The topological polar surface area (TPSA) is 374 Å². The zero-order valence-electron chi connectivity index (χ0n) is 59.4. The van der Waals surface area contributed by atoms with Gasteiger partial charge in [-0.1, -0.05) is 245 Å². The van der Waals surface area contributed by atoms with Crippen LogP contribution in [0.15, 0.2) is 12.2 Å². The number of phosphoric acid groups is 1. The smallest absolute Gasteiger partial charge is 0.463 e. The van der Waals surface area contributed by atoms with Gasteiger partial charge in [-0.3, -0.25) is 23.4 Å². The molecular weight excluding hydrogens is 1280 g/mol. The minimum atomic E-state index is -5.69. The molecule has 0 aromatic rings. The number of carbonyl (C=O) groups is 3. The van der Waals surface area contributed by atoms with Crippen LogP contribution in [0, 0.1) is 0 Å². The molecule has 0 aromatic carbocycles. The van der Waals surface area contributed by atoms with Crippen molar-refractivity contribution in [3.63, 3.8) is 0 Å². The van der Waals surface area contributed by atoms with Crippen LogP contribution in [0.3, 0.4) is 0 Å². The fourth-order valence-corrected chi connectivity index (χ4v) is 13.5. The van der Waals surface area contributed by atoms with E-state index in [9.17, 15) is 74.9 Å². The summed E-state index contributed by atoms with van der Waals surface area (Å²) >= 11 is 0. The molecule has 1 saturated carbocycles. The van der Waals surface area contributed by atoms with Crippen LogP contribution < -0.4 is 0 Å². The molecule has 1 aliphatic carbocycles. The second kappa shape index (κ2) is 54.4. The van der Waals surface area contributed by atoms with Gasteiger partial charge in [-0.15, -0.1) is 0 Å². The van der Waals surface area contributed by atoms with Crippen LogP contribution in [0.4, 0.5) is 0 Å². The normalized spacial score (nSPS) is 27.8. The molecule has 25 heteroatoms. The first-order valence-electron chi connectivity index (χ1n) is 38.0. The van der Waals surface area contributed by atoms with E-state index in [-0.39, 0.29) is 19.3 Å². The average Bonchev–Trinajstić information content (AvgIpc) is 0.763. The summed E-state index contributed by atoms with van der Waals surface area (Å²) in [6, 6.07) is 0. The molecule has 0 radical (unpaired) electrons. The highest BCUT2D eigenvalue weighted by atomic mass is 31.2. The lowest BCUT2D eigenvalue weighted by atomic mass is 9.84. The maximum absolute atomic E-state index is 14.3. The molecule has 0 bridgehead atoms. The number of carbonyl (C=O) groups excluding carboxylic acids is 3. The van der Waals surface area contributed by atoms with Crippen molar-refractivity contribution >= 4 is 25.7 Å². The number of rotatable bonds is 59. The maximum Gasteiger partial charge on any atom is 0.472 e. The average molecular weight is 1410 g/mol. The Hall–Kier alpha value is -2.30. The Kier molecular flexibility index (Phi) is 49.8. The standard InChI is InChI=1S/C72H133O24P/c1-4-7-10-13-16-19-22-24-26-28-30-33-36-39-42-45-48-58(76)91-53(50-88-56(74)46-43-40-37-34-31-21-18-15-12-9-6-3)51-90-97(86,87)96-70-68(94-71-66(84)61(79)59(77)54(49-73)92-71)64(82)63(81)65(83)69(70)95-72-67(85)62(80)60(78)55(93-72)52-89-57(75)47-44-41-38-35-32-29-27-25-23-20-17-14-11-8-5-2/h20,23,53-55,59-73,77-85H,4-19,21-22,24-52H2,1-3H3,(H,86,87)/b23-20-. The van der Waals surface area contributed by atoms with Crippen molar-refractivity contribution in [3.8, 4) is 0 Å². The van der Waals surface area contributed by atoms with Crippen LogP contribution in [0.2, 0.25) is 0 Å². The Morgan fingerprint density at radius 1 is 0.392 bits per heavy atom. The Labute approximate surface area is 580 Å². The van der Waals surface area contributed by atoms with Crippen molar-refractivity contribution in [1.29, 1.82) is 0 Å². The summed E-state index contributed by atoms with van der Waals surface area (Å²) in [6.07, 6.45) is 12.8. The first-order valence-corrected chi connectivity index (χ1v) is 39.5. The number of unbranched alkanes of at least 4 members (excludes halogenated alkanes) is 36. The summed E-state index contributed by atoms with van der Waals surface area (Å²) in [5.41, 5.74) is 0. The highest BCUT2D eigenvalue weighted by molar-refractivity contribution is 7.47. The second-order valence-corrected chi connectivity index (χ2v) is 28.8. The zero-order chi connectivity index (χ0) is 71.1. The Morgan fingerprint density at radius 2 is 0.722 bits per heavy atom. The van der Waals surface area contributed by atoms with Crippen molar-refractivity contribution in [2.75, 3.05) is 26.4 Å². The van der Waals surface area contributed by atoms with E-state index in [0.717, 1.165) is 116 Å². The molecule has 2 aliphatic heterocycles. The number of phosphoric ester groups is 1. The molecule has 97 heavy (non-hydrogen) atoms. The Bertz CT molecular complexity index is 2060. The highest BCUT2D eigenvalue weighted by Gasteiger charge is 2.58. The number of esters is 3. The predicted molar refractivity (Wildman–Crippen MR) is 365 cm³/mol. The van der Waals surface area contributed by atoms with Crippen LogP contribution in [-0.2, 0) is 61.2 Å². The quantitative estimate of drug-likeness (QED) is 0.00886. The molecule has 0 spiro atoms. The van der Waals surface area contributed by atoms with Gasteiger partial charge in [0.15, 0.2) is 18.7 Å². The molecule has 24 nitrogen and oxygen atoms in total. The van der Waals surface area contributed by atoms with Gasteiger partial charge in [0.05, 0.1) is 13.2 Å². The lowest BCUT2D eigenvalue weighted by Gasteiger charge is -2.49. The van der Waals surface area contributed by atoms with E-state index in [1.807, 2.05) is 0 Å². The van der Waals surface area contributed by atoms with Crippen molar-refractivity contribution < 1.29 is 117 Å². The molecule has 570 valence electrons. The fourth-order valence-electron chi connectivity index (χ4n) is 12.6. The lowest BCUT2D eigenvalue weighted by Crippen LogP contribution is -2.69. The van der Waals surface area contributed by atoms with Gasteiger partial charge in [-0.2, -0.15) is 0 Å². The molecule has 18 unspecified atom stereocenters. The Morgan fingerprint density at radius 3 is 1.12 bits per heavy atom. The van der Waals surface area contributed by atoms with Crippen molar-refractivity contribution in [2.24, 2.45) is 0 Å². The molecule has 3 aliphatic rings. The first kappa shape index (κ1) is 88.9. The number of aliphatic hydroxyl groups is 10. The fraction of sp³-hybridized carbons (Fsp3) is 0.931. The van der Waals surface area contributed by atoms with Crippen LogP contribution in [0.5, 0.6) is 0 Å². The number of ether oxygens (including phenoxy) is 7. The predicted octanol–water partition coefficient (Wildman–Crippen LogP) is 10.4. The summed E-state index contributed by atoms with van der Waals surface area (Å²) in [6.45, 7) is 3.44. The van der Waals surface area contributed by atoms with Crippen molar-refractivity contribution in [3.05, 3.63) is 12.2 Å². The summed E-state index contributed by atoms with van der Waals surface area (Å²) in [4.78, 5) is 51.0. The van der Waals surface area contributed by atoms with Gasteiger partial charge in [0.1, 0.15) is 98.7 Å². The zero-order valence-corrected chi connectivity index (χ0v) is 60.3. The monoisotopic (exact) mass is 1410 g/mol. The van der Waals surface area contributed by atoms with E-state index in [1.165, 1.54) is 122 Å². The number of hydrogen-bond acceptors (Lipinski definition) is 23. The molecule has 3 rings (SSSR count). The molecular formula is C72H133O24P. The molecule has 18 atom stereocenters. The van der Waals surface area contributed by atoms with E-state index in [0.29, 0.717) is 19.3 Å². The van der Waals surface area contributed by atoms with Gasteiger partial charge in [0.25, 0.3) is 0 Å². The number of hydrogen-bond donors (Lipinski definition) is 11. The third-order valence-electron chi connectivity index (χ3n) is 18.8. The highest BCUT2D eigenvalue weighted by Crippen LogP contribution is 2.49. The van der Waals surface area contributed by atoms with Gasteiger partial charge in [0, 0.05) is 19.3 Å². The van der Waals surface area contributed by atoms with Gasteiger partial charge in [-0.05, 0) is 44.9 Å². The maximum atomic E-state index is 14.3.